The van der Waals surface area contributed by atoms with Crippen LogP contribution < -0.4 is 15.6 Å². The predicted molar refractivity (Wildman–Crippen MR) is 127 cm³/mol. The zero-order chi connectivity index (χ0) is 23.7. The normalized spacial score (nSPS) is 11.0. The van der Waals surface area contributed by atoms with Crippen LogP contribution in [0.25, 0.3) is 32.4 Å². The topological polar surface area (TPSA) is 125 Å². The molecule has 0 radical (unpaired) electrons. The maximum atomic E-state index is 13.2. The van der Waals surface area contributed by atoms with Crippen molar-refractivity contribution in [2.45, 2.75) is 13.5 Å². The number of para-hydroxylation sites is 2. The minimum absolute atomic E-state index is 0.197. The van der Waals surface area contributed by atoms with Gasteiger partial charge in [0.25, 0.3) is 11.4 Å². The molecule has 4 heterocycles. The Morgan fingerprint density at radius 2 is 2.00 bits per heavy atom. The second-order valence-corrected chi connectivity index (χ2v) is 8.32. The summed E-state index contributed by atoms with van der Waals surface area (Å²) in [5, 5.41) is 7.21. The summed E-state index contributed by atoms with van der Waals surface area (Å²) < 4.78 is 12.0. The van der Waals surface area contributed by atoms with Gasteiger partial charge in [0, 0.05) is 18.0 Å². The minimum Gasteiger partial charge on any atom is -0.495 e. The molecule has 0 aliphatic heterocycles. The SMILES string of the molecule is COc1ccccc1NC(=O)Cn1cnc2sc(-c3nc(-c4ccncc4)no3)c(C)c2c1=O. The molecule has 0 spiro atoms. The van der Waals surface area contributed by atoms with Crippen LogP contribution in [0.2, 0.25) is 0 Å². The first kappa shape index (κ1) is 21.5. The fourth-order valence-corrected chi connectivity index (χ4v) is 4.56. The Kier molecular flexibility index (Phi) is 5.60. The summed E-state index contributed by atoms with van der Waals surface area (Å²) in [7, 11) is 1.52. The van der Waals surface area contributed by atoms with Crippen molar-refractivity contribution in [1.29, 1.82) is 0 Å². The van der Waals surface area contributed by atoms with E-state index in [-0.39, 0.29) is 18.0 Å². The molecule has 34 heavy (non-hydrogen) atoms. The standard InChI is InChI=1S/C23H18N6O4S/c1-13-18-22(34-19(13)21-27-20(28-33-21)14-7-9-24-10-8-14)25-12-29(23(18)31)11-17(30)26-15-5-3-4-6-16(15)32-2/h3-10,12H,11H2,1-2H3,(H,26,30). The first-order valence-corrected chi connectivity index (χ1v) is 11.0. The number of nitrogens with zero attached hydrogens (tertiary/aromatic N) is 5. The summed E-state index contributed by atoms with van der Waals surface area (Å²) in [6.07, 6.45) is 4.65. The van der Waals surface area contributed by atoms with E-state index in [1.165, 1.54) is 29.3 Å². The van der Waals surface area contributed by atoms with Crippen molar-refractivity contribution < 1.29 is 14.1 Å². The molecule has 170 valence electrons. The molecule has 1 aromatic carbocycles. The van der Waals surface area contributed by atoms with Gasteiger partial charge in [-0.2, -0.15) is 4.98 Å². The number of aromatic nitrogens is 5. The fraction of sp³-hybridized carbons (Fsp3) is 0.130. The number of ether oxygens (including phenoxy) is 1. The highest BCUT2D eigenvalue weighted by atomic mass is 32.1. The third-order valence-corrected chi connectivity index (χ3v) is 6.36. The van der Waals surface area contributed by atoms with E-state index in [2.05, 4.69) is 25.4 Å². The molecule has 0 aliphatic rings. The number of benzene rings is 1. The summed E-state index contributed by atoms with van der Waals surface area (Å²) in [5.41, 5.74) is 1.63. The summed E-state index contributed by atoms with van der Waals surface area (Å²) in [6.45, 7) is 1.60. The van der Waals surface area contributed by atoms with Crippen LogP contribution in [-0.2, 0) is 11.3 Å². The maximum absolute atomic E-state index is 13.2. The van der Waals surface area contributed by atoms with Crippen molar-refractivity contribution in [3.63, 3.8) is 0 Å². The van der Waals surface area contributed by atoms with Gasteiger partial charge in [0.1, 0.15) is 17.1 Å². The average molecular weight is 475 g/mol. The number of carbonyl (C=O) groups is 1. The monoisotopic (exact) mass is 474 g/mol. The van der Waals surface area contributed by atoms with Crippen molar-refractivity contribution in [3.8, 4) is 27.9 Å². The number of amides is 1. The highest BCUT2D eigenvalue weighted by Gasteiger charge is 2.21. The summed E-state index contributed by atoms with van der Waals surface area (Å²) in [4.78, 5) is 39.8. The molecular formula is C23H18N6O4S. The number of carbonyl (C=O) groups excluding carboxylic acids is 1. The van der Waals surface area contributed by atoms with Crippen LogP contribution in [0.3, 0.4) is 0 Å². The van der Waals surface area contributed by atoms with Gasteiger partial charge >= 0.3 is 0 Å². The van der Waals surface area contributed by atoms with E-state index in [1.807, 2.05) is 0 Å². The number of rotatable bonds is 6. The summed E-state index contributed by atoms with van der Waals surface area (Å²) in [6, 6.07) is 10.6. The van der Waals surface area contributed by atoms with Gasteiger partial charge in [0.2, 0.25) is 11.7 Å². The first-order chi connectivity index (χ1) is 16.5. The molecule has 1 amide bonds. The zero-order valence-electron chi connectivity index (χ0n) is 18.2. The molecule has 1 N–H and O–H groups in total. The molecule has 10 nitrogen and oxygen atoms in total. The number of fused-ring (bicyclic) bond motifs is 1. The molecule has 0 unspecified atom stereocenters. The molecule has 5 rings (SSSR count). The fourth-order valence-electron chi connectivity index (χ4n) is 3.50. The van der Waals surface area contributed by atoms with Crippen LogP contribution >= 0.6 is 11.3 Å². The largest absolute Gasteiger partial charge is 0.495 e. The van der Waals surface area contributed by atoms with Crippen LogP contribution in [0.5, 0.6) is 5.75 Å². The second-order valence-electron chi connectivity index (χ2n) is 7.32. The average Bonchev–Trinajstić information content (AvgIpc) is 3.47. The molecule has 0 saturated heterocycles. The van der Waals surface area contributed by atoms with Gasteiger partial charge in [-0.1, -0.05) is 17.3 Å². The van der Waals surface area contributed by atoms with Crippen molar-refractivity contribution in [2.24, 2.45) is 0 Å². The van der Waals surface area contributed by atoms with Gasteiger partial charge in [0.05, 0.1) is 29.4 Å². The highest BCUT2D eigenvalue weighted by Crippen LogP contribution is 2.35. The van der Waals surface area contributed by atoms with Crippen LogP contribution in [0.1, 0.15) is 5.56 Å². The van der Waals surface area contributed by atoms with Crippen molar-refractivity contribution >= 4 is 33.1 Å². The van der Waals surface area contributed by atoms with Crippen LogP contribution in [0, 0.1) is 6.92 Å². The number of anilines is 1. The van der Waals surface area contributed by atoms with Crippen molar-refractivity contribution in [2.75, 3.05) is 12.4 Å². The van der Waals surface area contributed by atoms with E-state index < -0.39 is 0 Å². The van der Waals surface area contributed by atoms with Gasteiger partial charge in [-0.3, -0.25) is 19.1 Å². The third kappa shape index (κ3) is 3.92. The Balaban J connectivity index is 1.44. The Labute approximate surface area is 196 Å². The lowest BCUT2D eigenvalue weighted by Gasteiger charge is -2.10. The van der Waals surface area contributed by atoms with Crippen LogP contribution in [0.15, 0.2) is 64.4 Å². The van der Waals surface area contributed by atoms with E-state index in [0.717, 1.165) is 5.56 Å². The van der Waals surface area contributed by atoms with Crippen molar-refractivity contribution in [3.05, 3.63) is 71.0 Å². The quantitative estimate of drug-likeness (QED) is 0.396. The highest BCUT2D eigenvalue weighted by molar-refractivity contribution is 7.22. The molecule has 0 aliphatic carbocycles. The minimum atomic E-state index is -0.375. The molecule has 0 saturated carbocycles. The second kappa shape index (κ2) is 8.87. The number of thiophene rings is 1. The lowest BCUT2D eigenvalue weighted by molar-refractivity contribution is -0.116. The van der Waals surface area contributed by atoms with E-state index >= 15 is 0 Å². The Hall–Kier alpha value is -4.38. The van der Waals surface area contributed by atoms with E-state index in [9.17, 15) is 9.59 Å². The maximum Gasteiger partial charge on any atom is 0.268 e. The van der Waals surface area contributed by atoms with E-state index in [4.69, 9.17) is 9.26 Å². The number of aryl methyl sites for hydroxylation is 1. The Bertz CT molecular complexity index is 1560. The van der Waals surface area contributed by atoms with Crippen LogP contribution in [0.4, 0.5) is 5.69 Å². The van der Waals surface area contributed by atoms with Gasteiger partial charge in [-0.05, 0) is 36.8 Å². The third-order valence-electron chi connectivity index (χ3n) is 5.17. The molecule has 0 atom stereocenters. The predicted octanol–water partition coefficient (Wildman–Crippen LogP) is 3.53. The number of hydrogen-bond acceptors (Lipinski definition) is 9. The van der Waals surface area contributed by atoms with E-state index in [1.54, 1.807) is 55.7 Å². The molecule has 5 aromatic rings. The van der Waals surface area contributed by atoms with Gasteiger partial charge in [-0.25, -0.2) is 4.98 Å². The Morgan fingerprint density at radius 3 is 2.79 bits per heavy atom. The number of methoxy groups -OCH3 is 1. The number of pyridine rings is 1. The summed E-state index contributed by atoms with van der Waals surface area (Å²) >= 11 is 1.28. The van der Waals surface area contributed by atoms with Crippen LogP contribution in [-0.4, -0.2) is 37.7 Å². The number of nitrogens with one attached hydrogen (secondary N) is 1. The molecule has 0 fully saturated rings. The molecule has 0 bridgehead atoms. The molecule has 4 aromatic heterocycles. The summed E-state index contributed by atoms with van der Waals surface area (Å²) in [5.74, 6) is 0.875. The van der Waals surface area contributed by atoms with Gasteiger partial charge < -0.3 is 14.6 Å². The Morgan fingerprint density at radius 1 is 1.21 bits per heavy atom. The lowest BCUT2D eigenvalue weighted by atomic mass is 10.2. The smallest absolute Gasteiger partial charge is 0.268 e. The van der Waals surface area contributed by atoms with E-state index in [0.29, 0.717) is 43.8 Å². The van der Waals surface area contributed by atoms with Crippen molar-refractivity contribution in [1.82, 2.24) is 24.7 Å². The van der Waals surface area contributed by atoms with Gasteiger partial charge in [-0.15, -0.1) is 11.3 Å². The first-order valence-electron chi connectivity index (χ1n) is 10.2. The zero-order valence-corrected chi connectivity index (χ0v) is 19.0. The number of hydrogen-bond donors (Lipinski definition) is 1. The molecule has 11 heteroatoms. The lowest BCUT2D eigenvalue weighted by Crippen LogP contribution is -2.28. The molecular weight excluding hydrogens is 456 g/mol. The van der Waals surface area contributed by atoms with Gasteiger partial charge in [0.15, 0.2) is 0 Å².